The summed E-state index contributed by atoms with van der Waals surface area (Å²) in [4.78, 5) is 12.5. The molecule has 0 aromatic heterocycles. The lowest BCUT2D eigenvalue weighted by Gasteiger charge is -2.25. The van der Waals surface area contributed by atoms with Gasteiger partial charge in [0.1, 0.15) is 5.75 Å². The molecule has 0 heterocycles. The maximum atomic E-state index is 11.7. The van der Waals surface area contributed by atoms with Crippen LogP contribution in [0.5, 0.6) is 5.75 Å². The van der Waals surface area contributed by atoms with E-state index >= 15 is 0 Å². The third-order valence-corrected chi connectivity index (χ3v) is 2.57. The lowest BCUT2D eigenvalue weighted by atomic mass is 10.1. The first-order valence-electron chi connectivity index (χ1n) is 5.52. The van der Waals surface area contributed by atoms with Crippen molar-refractivity contribution in [3.63, 3.8) is 0 Å². The summed E-state index contributed by atoms with van der Waals surface area (Å²) in [5.41, 5.74) is -0.0475. The van der Waals surface area contributed by atoms with E-state index < -0.39 is 5.60 Å². The number of carbonyl (C=O) groups excluding carboxylic acids is 1. The van der Waals surface area contributed by atoms with Gasteiger partial charge in [0.25, 0.3) is 0 Å². The highest BCUT2D eigenvalue weighted by atomic mass is 32.1. The Morgan fingerprint density at radius 1 is 1.41 bits per heavy atom. The zero-order valence-corrected chi connectivity index (χ0v) is 11.5. The average Bonchev–Trinajstić information content (AvgIpc) is 2.22. The predicted molar refractivity (Wildman–Crippen MR) is 69.8 cm³/mol. The van der Waals surface area contributed by atoms with Crippen LogP contribution in [0.3, 0.4) is 0 Å². The van der Waals surface area contributed by atoms with Gasteiger partial charge in [0, 0.05) is 4.90 Å². The van der Waals surface area contributed by atoms with Gasteiger partial charge in [-0.2, -0.15) is 0 Å². The fraction of sp³-hybridized carbons (Fsp3) is 0.462. The van der Waals surface area contributed by atoms with Gasteiger partial charge in [-0.1, -0.05) is 0 Å². The van der Waals surface area contributed by atoms with Crippen LogP contribution in [0.2, 0.25) is 0 Å². The molecule has 0 radical (unpaired) electrons. The lowest BCUT2D eigenvalue weighted by molar-refractivity contribution is -0.158. The maximum absolute atomic E-state index is 11.7. The Morgan fingerprint density at radius 3 is 2.59 bits per heavy atom. The molecule has 0 fully saturated rings. The second kappa shape index (κ2) is 5.45. The third-order valence-electron chi connectivity index (χ3n) is 2.29. The molecule has 1 aromatic carbocycles. The second-order valence-electron chi connectivity index (χ2n) is 4.28. The molecule has 17 heavy (non-hydrogen) atoms. The van der Waals surface area contributed by atoms with E-state index in [4.69, 9.17) is 9.47 Å². The first kappa shape index (κ1) is 13.9. The minimum Gasteiger partial charge on any atom is -0.476 e. The Morgan fingerprint density at radius 2 is 2.06 bits per heavy atom. The molecule has 0 unspecified atom stereocenters. The SMILES string of the molecule is CCOC(=O)C(C)(C)Oc1ccc(S)cc1C. The van der Waals surface area contributed by atoms with Crippen LogP contribution in [0.15, 0.2) is 23.1 Å². The molecule has 1 aromatic rings. The highest BCUT2D eigenvalue weighted by molar-refractivity contribution is 7.80. The summed E-state index contributed by atoms with van der Waals surface area (Å²) < 4.78 is 10.7. The van der Waals surface area contributed by atoms with Crippen molar-refractivity contribution in [2.24, 2.45) is 0 Å². The van der Waals surface area contributed by atoms with E-state index in [-0.39, 0.29) is 5.97 Å². The topological polar surface area (TPSA) is 35.5 Å². The van der Waals surface area contributed by atoms with Gasteiger partial charge in [-0.05, 0) is 51.5 Å². The van der Waals surface area contributed by atoms with Crippen molar-refractivity contribution < 1.29 is 14.3 Å². The molecule has 3 nitrogen and oxygen atoms in total. The Hall–Kier alpha value is -1.16. The largest absolute Gasteiger partial charge is 0.476 e. The lowest BCUT2D eigenvalue weighted by Crippen LogP contribution is -2.39. The predicted octanol–water partition coefficient (Wildman–Crippen LogP) is 3.00. The fourth-order valence-electron chi connectivity index (χ4n) is 1.37. The number of carbonyl (C=O) groups is 1. The van der Waals surface area contributed by atoms with Crippen LogP contribution in [0.1, 0.15) is 26.3 Å². The summed E-state index contributed by atoms with van der Waals surface area (Å²) in [6.07, 6.45) is 0. The Bertz CT molecular complexity index is 413. The Balaban J connectivity index is 2.86. The molecule has 1 rings (SSSR count). The van der Waals surface area contributed by atoms with Crippen molar-refractivity contribution in [2.75, 3.05) is 6.61 Å². The van der Waals surface area contributed by atoms with Gasteiger partial charge >= 0.3 is 5.97 Å². The number of esters is 1. The zero-order valence-electron chi connectivity index (χ0n) is 10.6. The molecule has 0 amide bonds. The summed E-state index contributed by atoms with van der Waals surface area (Å²) in [5, 5.41) is 0. The molecule has 94 valence electrons. The minimum absolute atomic E-state index is 0.347. The molecular formula is C13H18O3S. The van der Waals surface area contributed by atoms with Gasteiger partial charge in [0.2, 0.25) is 0 Å². The quantitative estimate of drug-likeness (QED) is 0.662. The van der Waals surface area contributed by atoms with Crippen molar-refractivity contribution in [3.05, 3.63) is 23.8 Å². The first-order valence-corrected chi connectivity index (χ1v) is 5.97. The summed E-state index contributed by atoms with van der Waals surface area (Å²) in [5.74, 6) is 0.301. The van der Waals surface area contributed by atoms with Crippen LogP contribution in [-0.2, 0) is 9.53 Å². The molecule has 0 spiro atoms. The van der Waals surface area contributed by atoms with Crippen molar-refractivity contribution >= 4 is 18.6 Å². The zero-order chi connectivity index (χ0) is 13.1. The van der Waals surface area contributed by atoms with Crippen LogP contribution < -0.4 is 4.74 Å². The Kier molecular flexibility index (Phi) is 4.46. The van der Waals surface area contributed by atoms with Crippen molar-refractivity contribution in [3.8, 4) is 5.75 Å². The summed E-state index contributed by atoms with van der Waals surface area (Å²) in [6.45, 7) is 7.42. The molecule has 0 N–H and O–H groups in total. The fourth-order valence-corrected chi connectivity index (χ4v) is 1.64. The van der Waals surface area contributed by atoms with Crippen molar-refractivity contribution in [1.29, 1.82) is 0 Å². The summed E-state index contributed by atoms with van der Waals surface area (Å²) in [6, 6.07) is 5.52. The van der Waals surface area contributed by atoms with E-state index in [0.717, 1.165) is 10.5 Å². The van der Waals surface area contributed by atoms with Crippen LogP contribution in [0.25, 0.3) is 0 Å². The van der Waals surface area contributed by atoms with E-state index in [9.17, 15) is 4.79 Å². The van der Waals surface area contributed by atoms with Gasteiger partial charge in [0.05, 0.1) is 6.61 Å². The van der Waals surface area contributed by atoms with E-state index in [1.807, 2.05) is 19.1 Å². The van der Waals surface area contributed by atoms with Gasteiger partial charge in [-0.15, -0.1) is 12.6 Å². The summed E-state index contributed by atoms with van der Waals surface area (Å²) in [7, 11) is 0. The van der Waals surface area contributed by atoms with Crippen LogP contribution in [0, 0.1) is 6.92 Å². The number of hydrogen-bond donors (Lipinski definition) is 1. The molecule has 4 heteroatoms. The number of ether oxygens (including phenoxy) is 2. The highest BCUT2D eigenvalue weighted by Crippen LogP contribution is 2.25. The molecule has 0 bridgehead atoms. The minimum atomic E-state index is -0.987. The molecule has 0 aliphatic heterocycles. The number of aryl methyl sites for hydroxylation is 1. The van der Waals surface area contributed by atoms with Crippen LogP contribution >= 0.6 is 12.6 Å². The molecular weight excluding hydrogens is 236 g/mol. The van der Waals surface area contributed by atoms with Gasteiger partial charge in [-0.3, -0.25) is 0 Å². The van der Waals surface area contributed by atoms with Crippen molar-refractivity contribution in [1.82, 2.24) is 0 Å². The number of benzene rings is 1. The average molecular weight is 254 g/mol. The highest BCUT2D eigenvalue weighted by Gasteiger charge is 2.31. The normalized spacial score (nSPS) is 11.1. The number of thiol groups is 1. The van der Waals surface area contributed by atoms with E-state index in [0.29, 0.717) is 12.4 Å². The molecule has 0 atom stereocenters. The van der Waals surface area contributed by atoms with Gasteiger partial charge < -0.3 is 9.47 Å². The third kappa shape index (κ3) is 3.66. The Labute approximate surface area is 108 Å². The standard InChI is InChI=1S/C13H18O3S/c1-5-15-12(14)13(3,4)16-11-7-6-10(17)8-9(11)2/h6-8,17H,5H2,1-4H3. The maximum Gasteiger partial charge on any atom is 0.349 e. The van der Waals surface area contributed by atoms with E-state index in [2.05, 4.69) is 12.6 Å². The number of rotatable bonds is 4. The molecule has 0 saturated heterocycles. The summed E-state index contributed by atoms with van der Waals surface area (Å²) >= 11 is 4.24. The molecule has 0 saturated carbocycles. The van der Waals surface area contributed by atoms with E-state index in [1.54, 1.807) is 26.8 Å². The second-order valence-corrected chi connectivity index (χ2v) is 4.80. The first-order chi connectivity index (χ1) is 7.86. The van der Waals surface area contributed by atoms with Crippen molar-refractivity contribution in [2.45, 2.75) is 38.2 Å². The monoisotopic (exact) mass is 254 g/mol. The molecule has 0 aliphatic rings. The van der Waals surface area contributed by atoms with E-state index in [1.165, 1.54) is 0 Å². The van der Waals surface area contributed by atoms with Crippen LogP contribution in [0.4, 0.5) is 0 Å². The molecule has 0 aliphatic carbocycles. The van der Waals surface area contributed by atoms with Gasteiger partial charge in [-0.25, -0.2) is 4.79 Å². The smallest absolute Gasteiger partial charge is 0.349 e. The number of hydrogen-bond acceptors (Lipinski definition) is 4. The van der Waals surface area contributed by atoms with Crippen LogP contribution in [-0.4, -0.2) is 18.2 Å². The van der Waals surface area contributed by atoms with Gasteiger partial charge in [0.15, 0.2) is 5.60 Å².